The monoisotopic (exact) mass is 178 g/mol. The van der Waals surface area contributed by atoms with Gasteiger partial charge in [0.2, 0.25) is 5.95 Å². The van der Waals surface area contributed by atoms with Crippen LogP contribution in [0.25, 0.3) is 10.6 Å². The molecule has 0 atom stereocenters. The number of hydrogen-bond acceptors (Lipinski definition) is 5. The first-order valence-electron chi connectivity index (χ1n) is 3.36. The van der Waals surface area contributed by atoms with E-state index in [2.05, 4.69) is 14.3 Å². The second kappa shape index (κ2) is 2.86. The van der Waals surface area contributed by atoms with Gasteiger partial charge in [-0.25, -0.2) is 0 Å². The molecule has 12 heavy (non-hydrogen) atoms. The second-order valence-electron chi connectivity index (χ2n) is 2.19. The van der Waals surface area contributed by atoms with Crippen LogP contribution in [0.4, 0.5) is 5.95 Å². The van der Waals surface area contributed by atoms with E-state index in [1.165, 1.54) is 11.5 Å². The fourth-order valence-electron chi connectivity index (χ4n) is 0.847. The first-order chi connectivity index (χ1) is 5.86. The van der Waals surface area contributed by atoms with Crippen LogP contribution in [0.1, 0.15) is 0 Å². The van der Waals surface area contributed by atoms with E-state index in [1.54, 1.807) is 12.4 Å². The molecule has 0 saturated carbocycles. The smallest absolute Gasteiger partial charge is 0.232 e. The number of rotatable bonds is 1. The SMILES string of the molecule is Nc1nsc(-c2ccncc2)n1. The van der Waals surface area contributed by atoms with Crippen LogP contribution < -0.4 is 5.73 Å². The van der Waals surface area contributed by atoms with Crippen molar-refractivity contribution in [3.05, 3.63) is 24.5 Å². The third-order valence-electron chi connectivity index (χ3n) is 1.37. The molecule has 0 radical (unpaired) electrons. The molecule has 2 aromatic heterocycles. The van der Waals surface area contributed by atoms with Crippen molar-refractivity contribution in [2.75, 3.05) is 5.73 Å². The maximum absolute atomic E-state index is 5.39. The molecule has 0 aliphatic rings. The van der Waals surface area contributed by atoms with Crippen molar-refractivity contribution in [1.29, 1.82) is 0 Å². The molecule has 0 bridgehead atoms. The Kier molecular flexibility index (Phi) is 1.71. The topological polar surface area (TPSA) is 64.7 Å². The molecular weight excluding hydrogens is 172 g/mol. The Morgan fingerprint density at radius 2 is 2.00 bits per heavy atom. The lowest BCUT2D eigenvalue weighted by atomic mass is 10.3. The molecule has 0 aliphatic heterocycles. The van der Waals surface area contributed by atoms with Crippen LogP contribution >= 0.6 is 11.5 Å². The van der Waals surface area contributed by atoms with E-state index in [0.717, 1.165) is 10.6 Å². The fourth-order valence-corrected chi connectivity index (χ4v) is 1.44. The zero-order valence-electron chi connectivity index (χ0n) is 6.14. The van der Waals surface area contributed by atoms with Gasteiger partial charge in [0.1, 0.15) is 5.01 Å². The van der Waals surface area contributed by atoms with E-state index in [0.29, 0.717) is 5.95 Å². The van der Waals surface area contributed by atoms with Crippen LogP contribution in [-0.2, 0) is 0 Å². The Morgan fingerprint density at radius 3 is 2.58 bits per heavy atom. The molecule has 0 saturated heterocycles. The first kappa shape index (κ1) is 7.17. The van der Waals surface area contributed by atoms with Crippen molar-refractivity contribution in [2.45, 2.75) is 0 Å². The van der Waals surface area contributed by atoms with E-state index >= 15 is 0 Å². The third-order valence-corrected chi connectivity index (χ3v) is 2.15. The molecule has 5 heteroatoms. The molecule has 0 fully saturated rings. The van der Waals surface area contributed by atoms with Gasteiger partial charge in [-0.05, 0) is 23.7 Å². The molecule has 0 spiro atoms. The van der Waals surface area contributed by atoms with Gasteiger partial charge in [0.15, 0.2) is 0 Å². The molecule has 2 heterocycles. The summed E-state index contributed by atoms with van der Waals surface area (Å²) >= 11 is 1.29. The summed E-state index contributed by atoms with van der Waals surface area (Å²) in [6.07, 6.45) is 3.43. The van der Waals surface area contributed by atoms with Crippen LogP contribution in [0.3, 0.4) is 0 Å². The molecule has 0 amide bonds. The van der Waals surface area contributed by atoms with Gasteiger partial charge in [0, 0.05) is 18.0 Å². The molecule has 0 unspecified atom stereocenters. The number of aromatic nitrogens is 3. The maximum Gasteiger partial charge on any atom is 0.232 e. The van der Waals surface area contributed by atoms with E-state index in [4.69, 9.17) is 5.73 Å². The van der Waals surface area contributed by atoms with Crippen molar-refractivity contribution in [3.8, 4) is 10.6 Å². The highest BCUT2D eigenvalue weighted by Gasteiger charge is 2.01. The fraction of sp³-hybridized carbons (Fsp3) is 0. The van der Waals surface area contributed by atoms with Gasteiger partial charge in [-0.15, -0.1) is 0 Å². The summed E-state index contributed by atoms with van der Waals surface area (Å²) in [4.78, 5) is 7.94. The van der Waals surface area contributed by atoms with Gasteiger partial charge in [0.25, 0.3) is 0 Å². The molecular formula is C7H6N4S. The lowest BCUT2D eigenvalue weighted by Gasteiger charge is -1.90. The zero-order chi connectivity index (χ0) is 8.39. The third kappa shape index (κ3) is 1.26. The van der Waals surface area contributed by atoms with Gasteiger partial charge in [-0.2, -0.15) is 9.36 Å². The molecule has 4 nitrogen and oxygen atoms in total. The van der Waals surface area contributed by atoms with E-state index < -0.39 is 0 Å². The summed E-state index contributed by atoms with van der Waals surface area (Å²) in [7, 11) is 0. The minimum absolute atomic E-state index is 0.326. The average molecular weight is 178 g/mol. The summed E-state index contributed by atoms with van der Waals surface area (Å²) in [5.74, 6) is 0.326. The molecule has 0 aliphatic carbocycles. The first-order valence-corrected chi connectivity index (χ1v) is 4.13. The summed E-state index contributed by atoms with van der Waals surface area (Å²) in [6, 6.07) is 3.75. The van der Waals surface area contributed by atoms with Crippen LogP contribution in [0.15, 0.2) is 24.5 Å². The van der Waals surface area contributed by atoms with Crippen molar-refractivity contribution in [2.24, 2.45) is 0 Å². The highest BCUT2D eigenvalue weighted by atomic mass is 32.1. The maximum atomic E-state index is 5.39. The second-order valence-corrected chi connectivity index (χ2v) is 2.95. The quantitative estimate of drug-likeness (QED) is 0.712. The Morgan fingerprint density at radius 1 is 1.25 bits per heavy atom. The zero-order valence-corrected chi connectivity index (χ0v) is 6.95. The predicted octanol–water partition coefficient (Wildman–Crippen LogP) is 1.18. The van der Waals surface area contributed by atoms with Crippen LogP contribution in [0, 0.1) is 0 Å². The molecule has 2 aromatic rings. The van der Waals surface area contributed by atoms with Gasteiger partial charge in [0.05, 0.1) is 0 Å². The van der Waals surface area contributed by atoms with Crippen LogP contribution in [0.2, 0.25) is 0 Å². The molecule has 2 rings (SSSR count). The minimum atomic E-state index is 0.326. The Hall–Kier alpha value is -1.49. The lowest BCUT2D eigenvalue weighted by Crippen LogP contribution is -1.85. The predicted molar refractivity (Wildman–Crippen MR) is 47.6 cm³/mol. The summed E-state index contributed by atoms with van der Waals surface area (Å²) < 4.78 is 3.88. The molecule has 2 N–H and O–H groups in total. The normalized spacial score (nSPS) is 10.0. The summed E-state index contributed by atoms with van der Waals surface area (Å²) in [5, 5.41) is 0.829. The number of nitrogen functional groups attached to an aromatic ring is 1. The highest BCUT2D eigenvalue weighted by Crippen LogP contribution is 2.20. The van der Waals surface area contributed by atoms with Crippen LogP contribution in [0.5, 0.6) is 0 Å². The lowest BCUT2D eigenvalue weighted by molar-refractivity contribution is 1.31. The van der Waals surface area contributed by atoms with Crippen LogP contribution in [-0.4, -0.2) is 14.3 Å². The average Bonchev–Trinajstić information content (AvgIpc) is 2.54. The Bertz CT molecular complexity index is 370. The number of nitrogens with zero attached hydrogens (tertiary/aromatic N) is 3. The van der Waals surface area contributed by atoms with Gasteiger partial charge in [-0.1, -0.05) is 0 Å². The number of anilines is 1. The number of pyridine rings is 1. The van der Waals surface area contributed by atoms with Crippen molar-refractivity contribution in [1.82, 2.24) is 14.3 Å². The number of nitrogens with two attached hydrogens (primary N) is 1. The Balaban J connectivity index is 2.45. The van der Waals surface area contributed by atoms with Gasteiger partial charge < -0.3 is 5.73 Å². The Labute approximate surface area is 73.3 Å². The van der Waals surface area contributed by atoms with Gasteiger partial charge >= 0.3 is 0 Å². The summed E-state index contributed by atoms with van der Waals surface area (Å²) in [5.41, 5.74) is 6.39. The van der Waals surface area contributed by atoms with E-state index in [-0.39, 0.29) is 0 Å². The van der Waals surface area contributed by atoms with Crippen molar-refractivity contribution in [3.63, 3.8) is 0 Å². The highest BCUT2D eigenvalue weighted by molar-refractivity contribution is 7.09. The molecule has 60 valence electrons. The standard InChI is InChI=1S/C7H6N4S/c8-7-10-6(12-11-7)5-1-3-9-4-2-5/h1-4H,(H2,8,11). The largest absolute Gasteiger partial charge is 0.367 e. The summed E-state index contributed by atoms with van der Waals surface area (Å²) in [6.45, 7) is 0. The van der Waals surface area contributed by atoms with Gasteiger partial charge in [-0.3, -0.25) is 4.98 Å². The minimum Gasteiger partial charge on any atom is -0.367 e. The van der Waals surface area contributed by atoms with E-state index in [9.17, 15) is 0 Å². The van der Waals surface area contributed by atoms with Crippen molar-refractivity contribution < 1.29 is 0 Å². The number of hydrogen-bond donors (Lipinski definition) is 1. The molecule has 0 aromatic carbocycles. The van der Waals surface area contributed by atoms with E-state index in [1.807, 2.05) is 12.1 Å². The van der Waals surface area contributed by atoms with Crippen molar-refractivity contribution >= 4 is 17.5 Å².